The van der Waals surface area contributed by atoms with E-state index in [0.717, 1.165) is 6.54 Å². The summed E-state index contributed by atoms with van der Waals surface area (Å²) in [6, 6.07) is 2.82. The summed E-state index contributed by atoms with van der Waals surface area (Å²) in [5, 5.41) is 5.83. The number of rotatable bonds is 0. The Morgan fingerprint density at radius 1 is 1.46 bits per heavy atom. The topological polar surface area (TPSA) is 12.0 Å². The summed E-state index contributed by atoms with van der Waals surface area (Å²) in [7, 11) is 0. The number of hydrogen-bond acceptors (Lipinski definition) is 2. The van der Waals surface area contributed by atoms with Gasteiger partial charge in [-0.15, -0.1) is 11.3 Å². The zero-order chi connectivity index (χ0) is 9.47. The lowest BCUT2D eigenvalue weighted by Crippen LogP contribution is -2.37. The molecule has 0 amide bonds. The highest BCUT2D eigenvalue weighted by Crippen LogP contribution is 2.38. The van der Waals surface area contributed by atoms with Crippen LogP contribution in [0.25, 0.3) is 0 Å². The molecule has 1 aromatic rings. The fourth-order valence-electron chi connectivity index (χ4n) is 2.02. The third-order valence-electron chi connectivity index (χ3n) is 2.66. The Bertz CT molecular complexity index is 295. The summed E-state index contributed by atoms with van der Waals surface area (Å²) in [6.07, 6.45) is 1.21. The van der Waals surface area contributed by atoms with Crippen molar-refractivity contribution >= 4 is 11.3 Å². The summed E-state index contributed by atoms with van der Waals surface area (Å²) in [6.45, 7) is 8.04. The van der Waals surface area contributed by atoms with E-state index in [1.165, 1.54) is 12.0 Å². The molecule has 1 unspecified atom stereocenters. The van der Waals surface area contributed by atoms with Gasteiger partial charge in [0.1, 0.15) is 0 Å². The second kappa shape index (κ2) is 3.10. The third-order valence-corrected chi connectivity index (χ3v) is 3.65. The minimum atomic E-state index is 0.330. The molecule has 1 aliphatic rings. The van der Waals surface area contributed by atoms with E-state index < -0.39 is 0 Å². The number of nitrogens with one attached hydrogen (secondary N) is 1. The van der Waals surface area contributed by atoms with Gasteiger partial charge in [-0.25, -0.2) is 0 Å². The number of hydrogen-bond donors (Lipinski definition) is 1. The van der Waals surface area contributed by atoms with Crippen LogP contribution in [0.2, 0.25) is 0 Å². The maximum absolute atomic E-state index is 3.61. The second-order valence-corrected chi connectivity index (χ2v) is 5.80. The molecule has 1 nitrogen and oxygen atoms in total. The fourth-order valence-corrected chi connectivity index (χ4v) is 2.94. The smallest absolute Gasteiger partial charge is 0.0380 e. The van der Waals surface area contributed by atoms with E-state index in [4.69, 9.17) is 0 Å². The van der Waals surface area contributed by atoms with Crippen LogP contribution in [0.4, 0.5) is 0 Å². The average Bonchev–Trinajstić information content (AvgIpc) is 2.48. The molecule has 2 rings (SSSR count). The Hall–Kier alpha value is -0.340. The standard InChI is InChI=1S/C11H17NS/c1-11(2,3)10-8-5-7-13-9(8)4-6-12-10/h5,7,10,12H,4,6H2,1-3H3. The maximum atomic E-state index is 3.61. The second-order valence-electron chi connectivity index (χ2n) is 4.80. The van der Waals surface area contributed by atoms with E-state index in [1.807, 2.05) is 11.3 Å². The molecule has 1 aliphatic heterocycles. The normalized spacial score (nSPS) is 22.8. The number of thiophene rings is 1. The summed E-state index contributed by atoms with van der Waals surface area (Å²) in [5.74, 6) is 0. The summed E-state index contributed by atoms with van der Waals surface area (Å²) in [4.78, 5) is 1.58. The Morgan fingerprint density at radius 2 is 2.23 bits per heavy atom. The van der Waals surface area contributed by atoms with Crippen LogP contribution in [0.5, 0.6) is 0 Å². The molecule has 0 spiro atoms. The summed E-state index contributed by atoms with van der Waals surface area (Å²) >= 11 is 1.91. The molecular weight excluding hydrogens is 178 g/mol. The van der Waals surface area contributed by atoms with E-state index in [2.05, 4.69) is 37.5 Å². The monoisotopic (exact) mass is 195 g/mol. The van der Waals surface area contributed by atoms with Gasteiger partial charge in [0.2, 0.25) is 0 Å². The predicted molar refractivity (Wildman–Crippen MR) is 58.2 cm³/mol. The van der Waals surface area contributed by atoms with Crippen molar-refractivity contribution in [2.45, 2.75) is 33.2 Å². The van der Waals surface area contributed by atoms with Crippen molar-refractivity contribution in [3.05, 3.63) is 21.9 Å². The van der Waals surface area contributed by atoms with Gasteiger partial charge in [0, 0.05) is 17.5 Å². The van der Waals surface area contributed by atoms with Crippen molar-refractivity contribution < 1.29 is 0 Å². The van der Waals surface area contributed by atoms with Crippen molar-refractivity contribution in [1.82, 2.24) is 5.32 Å². The van der Waals surface area contributed by atoms with Crippen molar-refractivity contribution in [3.8, 4) is 0 Å². The molecule has 1 atom stereocenters. The van der Waals surface area contributed by atoms with E-state index in [0.29, 0.717) is 11.5 Å². The zero-order valence-corrected chi connectivity index (χ0v) is 9.37. The lowest BCUT2D eigenvalue weighted by Gasteiger charge is -2.35. The number of fused-ring (bicyclic) bond motifs is 1. The maximum Gasteiger partial charge on any atom is 0.0380 e. The first-order chi connectivity index (χ1) is 6.09. The molecule has 0 aromatic carbocycles. The molecule has 72 valence electrons. The zero-order valence-electron chi connectivity index (χ0n) is 8.55. The van der Waals surface area contributed by atoms with Gasteiger partial charge in [0.15, 0.2) is 0 Å². The van der Waals surface area contributed by atoms with E-state index in [-0.39, 0.29) is 0 Å². The van der Waals surface area contributed by atoms with Crippen LogP contribution in [0.1, 0.15) is 37.3 Å². The van der Waals surface area contributed by atoms with Gasteiger partial charge in [-0.2, -0.15) is 0 Å². The molecule has 2 heterocycles. The predicted octanol–water partition coefficient (Wildman–Crippen LogP) is 2.98. The Balaban J connectivity index is 2.35. The van der Waals surface area contributed by atoms with Crippen LogP contribution >= 0.6 is 11.3 Å². The molecular formula is C11H17NS. The van der Waals surface area contributed by atoms with Crippen LogP contribution in [0.15, 0.2) is 11.4 Å². The highest BCUT2D eigenvalue weighted by molar-refractivity contribution is 7.10. The molecule has 2 heteroatoms. The van der Waals surface area contributed by atoms with Crippen molar-refractivity contribution in [1.29, 1.82) is 0 Å². The molecule has 13 heavy (non-hydrogen) atoms. The average molecular weight is 195 g/mol. The van der Waals surface area contributed by atoms with Gasteiger partial charge in [-0.05, 0) is 28.8 Å². The lowest BCUT2D eigenvalue weighted by molar-refractivity contribution is 0.265. The molecule has 0 bridgehead atoms. The quantitative estimate of drug-likeness (QED) is 0.671. The van der Waals surface area contributed by atoms with E-state index >= 15 is 0 Å². The molecule has 0 fully saturated rings. The Kier molecular flexibility index (Phi) is 2.20. The van der Waals surface area contributed by atoms with Crippen molar-refractivity contribution in [2.24, 2.45) is 5.41 Å². The minimum absolute atomic E-state index is 0.330. The van der Waals surface area contributed by atoms with Gasteiger partial charge >= 0.3 is 0 Å². The van der Waals surface area contributed by atoms with Gasteiger partial charge in [-0.3, -0.25) is 0 Å². The van der Waals surface area contributed by atoms with Gasteiger partial charge in [0.05, 0.1) is 0 Å². The van der Waals surface area contributed by atoms with Gasteiger partial charge in [-0.1, -0.05) is 20.8 Å². The lowest BCUT2D eigenvalue weighted by atomic mass is 9.81. The van der Waals surface area contributed by atoms with E-state index in [9.17, 15) is 0 Å². The molecule has 1 N–H and O–H groups in total. The summed E-state index contributed by atoms with van der Waals surface area (Å²) in [5.41, 5.74) is 1.86. The molecule has 0 radical (unpaired) electrons. The third kappa shape index (κ3) is 1.65. The Labute approximate surface area is 84.2 Å². The highest BCUT2D eigenvalue weighted by Gasteiger charge is 2.30. The molecule has 1 aromatic heterocycles. The van der Waals surface area contributed by atoms with E-state index in [1.54, 1.807) is 4.88 Å². The van der Waals surface area contributed by atoms with Crippen LogP contribution in [-0.2, 0) is 6.42 Å². The first kappa shape index (κ1) is 9.22. The van der Waals surface area contributed by atoms with Crippen LogP contribution in [0.3, 0.4) is 0 Å². The van der Waals surface area contributed by atoms with Gasteiger partial charge < -0.3 is 5.32 Å². The highest BCUT2D eigenvalue weighted by atomic mass is 32.1. The first-order valence-electron chi connectivity index (χ1n) is 4.88. The van der Waals surface area contributed by atoms with Crippen LogP contribution in [0, 0.1) is 5.41 Å². The first-order valence-corrected chi connectivity index (χ1v) is 5.76. The minimum Gasteiger partial charge on any atom is -0.309 e. The Morgan fingerprint density at radius 3 is 2.92 bits per heavy atom. The molecule has 0 saturated carbocycles. The molecule has 0 saturated heterocycles. The fraction of sp³-hybridized carbons (Fsp3) is 0.636. The van der Waals surface area contributed by atoms with Crippen LogP contribution in [-0.4, -0.2) is 6.54 Å². The van der Waals surface area contributed by atoms with Crippen molar-refractivity contribution in [2.75, 3.05) is 6.54 Å². The summed E-state index contributed by atoms with van der Waals surface area (Å²) < 4.78 is 0. The van der Waals surface area contributed by atoms with Crippen molar-refractivity contribution in [3.63, 3.8) is 0 Å². The SMILES string of the molecule is CC(C)(C)C1NCCc2sccc21. The molecule has 0 aliphatic carbocycles. The van der Waals surface area contributed by atoms with Gasteiger partial charge in [0.25, 0.3) is 0 Å². The van der Waals surface area contributed by atoms with Crippen LogP contribution < -0.4 is 5.32 Å². The largest absolute Gasteiger partial charge is 0.309 e.